The molecule has 0 unspecified atom stereocenters. The van der Waals surface area contributed by atoms with Crippen LogP contribution in [0.4, 0.5) is 15.3 Å². The van der Waals surface area contributed by atoms with E-state index in [4.69, 9.17) is 18.9 Å². The molecular weight excluding hydrogens is 524 g/mol. The number of rotatable bonds is 12. The molecule has 0 bridgehead atoms. The molecule has 0 aromatic heterocycles. The van der Waals surface area contributed by atoms with Crippen LogP contribution in [0.5, 0.6) is 11.5 Å². The van der Waals surface area contributed by atoms with Gasteiger partial charge in [-0.2, -0.15) is 0 Å². The van der Waals surface area contributed by atoms with E-state index in [1.165, 1.54) is 0 Å². The summed E-state index contributed by atoms with van der Waals surface area (Å²) >= 11 is 0. The third kappa shape index (κ3) is 11.3. The highest BCUT2D eigenvalue weighted by molar-refractivity contribution is 5.90. The molecule has 9 nitrogen and oxygen atoms in total. The monoisotopic (exact) mass is 568 g/mol. The van der Waals surface area contributed by atoms with Crippen LogP contribution in [0.25, 0.3) is 0 Å². The normalized spacial score (nSPS) is 13.8. The lowest BCUT2D eigenvalue weighted by molar-refractivity contribution is -0.134. The molecule has 0 radical (unpaired) electrons. The molecule has 0 atom stereocenters. The number of esters is 1. The average molecular weight is 569 g/mol. The number of hydrogen-bond donors (Lipinski definition) is 1. The number of benzene rings is 2. The van der Waals surface area contributed by atoms with Crippen LogP contribution in [0.2, 0.25) is 0 Å². The Hall–Kier alpha value is -3.75. The van der Waals surface area contributed by atoms with Crippen molar-refractivity contribution in [3.05, 3.63) is 54.1 Å². The zero-order valence-corrected chi connectivity index (χ0v) is 24.8. The van der Waals surface area contributed by atoms with Crippen molar-refractivity contribution in [3.8, 4) is 11.5 Å². The third-order valence-corrected chi connectivity index (χ3v) is 6.64. The molecule has 0 saturated carbocycles. The molecule has 2 amide bonds. The van der Waals surface area contributed by atoms with Gasteiger partial charge in [0.2, 0.25) is 0 Å². The number of nitrogens with zero attached hydrogens (tertiary/aromatic N) is 1. The average Bonchev–Trinajstić information content (AvgIpc) is 2.93. The van der Waals surface area contributed by atoms with Gasteiger partial charge in [0.1, 0.15) is 23.6 Å². The summed E-state index contributed by atoms with van der Waals surface area (Å²) in [6.45, 7) is 9.52. The summed E-state index contributed by atoms with van der Waals surface area (Å²) in [4.78, 5) is 38.9. The molecule has 1 N–H and O–H groups in total. The van der Waals surface area contributed by atoms with Crippen LogP contribution in [-0.4, -0.2) is 48.4 Å². The first-order valence-electron chi connectivity index (χ1n) is 14.6. The highest BCUT2D eigenvalue weighted by Crippen LogP contribution is 2.35. The van der Waals surface area contributed by atoms with Crippen molar-refractivity contribution in [2.24, 2.45) is 5.92 Å². The second-order valence-electron chi connectivity index (χ2n) is 11.3. The number of amides is 2. The Morgan fingerprint density at radius 3 is 2.34 bits per heavy atom. The number of anilines is 1. The molecule has 1 fully saturated rings. The standard InChI is InChI=1S/C32H44N2O7/c1-5-12-28(35)40-27-17-11-16-26(29(27)33-30(36)39-23-25-14-7-6-8-15-25)38-22-10-9-13-24-18-20-34(21-19-24)31(37)41-32(2,3)4/h6-8,11,14-17,24H,5,9-10,12-13,18-23H2,1-4H3,(H,33,36). The van der Waals surface area contributed by atoms with Crippen molar-refractivity contribution >= 4 is 23.8 Å². The minimum Gasteiger partial charge on any atom is -0.491 e. The van der Waals surface area contributed by atoms with Gasteiger partial charge in [-0.25, -0.2) is 9.59 Å². The van der Waals surface area contributed by atoms with E-state index in [1.54, 1.807) is 23.1 Å². The van der Waals surface area contributed by atoms with Gasteiger partial charge < -0.3 is 23.8 Å². The van der Waals surface area contributed by atoms with Crippen LogP contribution < -0.4 is 14.8 Å². The van der Waals surface area contributed by atoms with Crippen LogP contribution in [0.1, 0.15) is 78.2 Å². The first-order valence-corrected chi connectivity index (χ1v) is 14.6. The summed E-state index contributed by atoms with van der Waals surface area (Å²) in [5, 5.41) is 2.71. The van der Waals surface area contributed by atoms with Crippen molar-refractivity contribution in [2.75, 3.05) is 25.0 Å². The zero-order valence-electron chi connectivity index (χ0n) is 24.8. The minimum absolute atomic E-state index is 0.108. The molecule has 1 aliphatic rings. The van der Waals surface area contributed by atoms with Crippen LogP contribution in [0, 0.1) is 5.92 Å². The Morgan fingerprint density at radius 2 is 1.66 bits per heavy atom. The molecule has 1 saturated heterocycles. The van der Waals surface area contributed by atoms with Crippen molar-refractivity contribution < 1.29 is 33.3 Å². The highest BCUT2D eigenvalue weighted by Gasteiger charge is 2.26. The Balaban J connectivity index is 1.49. The molecule has 2 aromatic rings. The lowest BCUT2D eigenvalue weighted by Gasteiger charge is -2.33. The fourth-order valence-electron chi connectivity index (χ4n) is 4.53. The van der Waals surface area contributed by atoms with Gasteiger partial charge in [0.15, 0.2) is 5.75 Å². The van der Waals surface area contributed by atoms with Crippen LogP contribution in [0.15, 0.2) is 48.5 Å². The van der Waals surface area contributed by atoms with Gasteiger partial charge in [-0.1, -0.05) is 49.7 Å². The van der Waals surface area contributed by atoms with Gasteiger partial charge in [0.25, 0.3) is 0 Å². The lowest BCUT2D eigenvalue weighted by Crippen LogP contribution is -2.41. The first-order chi connectivity index (χ1) is 19.6. The molecule has 224 valence electrons. The second kappa shape index (κ2) is 15.9. The van der Waals surface area contributed by atoms with E-state index in [0.717, 1.165) is 50.8 Å². The molecule has 41 heavy (non-hydrogen) atoms. The number of carbonyl (C=O) groups excluding carboxylic acids is 3. The molecule has 0 spiro atoms. The summed E-state index contributed by atoms with van der Waals surface area (Å²) in [5.74, 6) is 0.804. The molecule has 1 aliphatic heterocycles. The summed E-state index contributed by atoms with van der Waals surface area (Å²) in [7, 11) is 0. The second-order valence-corrected chi connectivity index (χ2v) is 11.3. The van der Waals surface area contributed by atoms with Gasteiger partial charge in [0, 0.05) is 19.5 Å². The van der Waals surface area contributed by atoms with E-state index in [9.17, 15) is 14.4 Å². The molecule has 3 rings (SSSR count). The van der Waals surface area contributed by atoms with Gasteiger partial charge in [0.05, 0.1) is 6.61 Å². The molecule has 0 aliphatic carbocycles. The van der Waals surface area contributed by atoms with E-state index < -0.39 is 11.7 Å². The number of piperidine rings is 1. The Bertz CT molecular complexity index is 1120. The Morgan fingerprint density at radius 1 is 0.951 bits per heavy atom. The quantitative estimate of drug-likeness (QED) is 0.162. The number of ether oxygens (including phenoxy) is 4. The van der Waals surface area contributed by atoms with Crippen molar-refractivity contribution in [1.82, 2.24) is 4.90 Å². The summed E-state index contributed by atoms with van der Waals surface area (Å²) < 4.78 is 22.4. The summed E-state index contributed by atoms with van der Waals surface area (Å²) in [6.07, 6.45) is 4.78. The topological polar surface area (TPSA) is 103 Å². The number of nitrogens with one attached hydrogen (secondary N) is 1. The Labute approximate surface area is 243 Å². The van der Waals surface area contributed by atoms with Gasteiger partial charge in [-0.15, -0.1) is 0 Å². The minimum atomic E-state index is -0.671. The SMILES string of the molecule is CCCC(=O)Oc1cccc(OCCCCC2CCN(C(=O)OC(C)(C)C)CC2)c1NC(=O)OCc1ccccc1. The molecule has 1 heterocycles. The van der Waals surface area contributed by atoms with Gasteiger partial charge in [-0.05, 0) is 76.5 Å². The number of likely N-dealkylation sites (tertiary alicyclic amines) is 1. The largest absolute Gasteiger partial charge is 0.491 e. The van der Waals surface area contributed by atoms with E-state index in [-0.39, 0.29) is 36.5 Å². The van der Waals surface area contributed by atoms with Gasteiger partial charge >= 0.3 is 18.2 Å². The summed E-state index contributed by atoms with van der Waals surface area (Å²) in [6, 6.07) is 14.5. The van der Waals surface area contributed by atoms with Crippen molar-refractivity contribution in [2.45, 2.75) is 84.8 Å². The van der Waals surface area contributed by atoms with Crippen LogP contribution in [0.3, 0.4) is 0 Å². The van der Waals surface area contributed by atoms with Crippen LogP contribution in [-0.2, 0) is 20.9 Å². The lowest BCUT2D eigenvalue weighted by atomic mass is 9.92. The van der Waals surface area contributed by atoms with E-state index >= 15 is 0 Å². The van der Waals surface area contributed by atoms with Crippen molar-refractivity contribution in [1.29, 1.82) is 0 Å². The maximum atomic E-state index is 12.6. The fourth-order valence-corrected chi connectivity index (χ4v) is 4.53. The maximum Gasteiger partial charge on any atom is 0.412 e. The number of unbranched alkanes of at least 4 members (excludes halogenated alkanes) is 1. The van der Waals surface area contributed by atoms with Crippen LogP contribution >= 0.6 is 0 Å². The number of carbonyl (C=O) groups is 3. The summed E-state index contributed by atoms with van der Waals surface area (Å²) in [5.41, 5.74) is 0.643. The number of hydrogen-bond acceptors (Lipinski definition) is 7. The smallest absolute Gasteiger partial charge is 0.412 e. The molecule has 2 aromatic carbocycles. The fraction of sp³-hybridized carbons (Fsp3) is 0.531. The maximum absolute atomic E-state index is 12.6. The predicted molar refractivity (Wildman–Crippen MR) is 157 cm³/mol. The molecular formula is C32H44N2O7. The third-order valence-electron chi connectivity index (χ3n) is 6.64. The highest BCUT2D eigenvalue weighted by atomic mass is 16.6. The first kappa shape index (κ1) is 31.8. The zero-order chi connectivity index (χ0) is 29.7. The number of para-hydroxylation sites is 1. The van der Waals surface area contributed by atoms with E-state index in [2.05, 4.69) is 5.32 Å². The van der Waals surface area contributed by atoms with Gasteiger partial charge in [-0.3, -0.25) is 10.1 Å². The Kier molecular flexibility index (Phi) is 12.3. The van der Waals surface area contributed by atoms with E-state index in [0.29, 0.717) is 24.7 Å². The predicted octanol–water partition coefficient (Wildman–Crippen LogP) is 7.34. The van der Waals surface area contributed by atoms with E-state index in [1.807, 2.05) is 58.0 Å². The molecule has 9 heteroatoms. The van der Waals surface area contributed by atoms with Crippen molar-refractivity contribution in [3.63, 3.8) is 0 Å².